The van der Waals surface area contributed by atoms with Crippen LogP contribution in [0.1, 0.15) is 11.1 Å². The number of ether oxygens (including phenoxy) is 1. The molecule has 0 atom stereocenters. The van der Waals surface area contributed by atoms with E-state index in [1.165, 1.54) is 11.1 Å². The molecule has 0 spiro atoms. The molecule has 1 aliphatic rings. The maximum Gasteiger partial charge on any atom is 0.120 e. The van der Waals surface area contributed by atoms with Gasteiger partial charge in [0.15, 0.2) is 0 Å². The number of hydrogen-bond donors (Lipinski definition) is 1. The summed E-state index contributed by atoms with van der Waals surface area (Å²) in [6.45, 7) is 1.49. The van der Waals surface area contributed by atoms with Crippen molar-refractivity contribution in [3.05, 3.63) is 59.7 Å². The lowest BCUT2D eigenvalue weighted by molar-refractivity contribution is 0.306. The van der Waals surface area contributed by atoms with Gasteiger partial charge in [0.05, 0.1) is 5.69 Å². The minimum absolute atomic E-state index is 0.603. The lowest BCUT2D eigenvalue weighted by Gasteiger charge is -2.12. The molecule has 92 valence electrons. The summed E-state index contributed by atoms with van der Waals surface area (Å²) in [4.78, 5) is 0. The Balaban J connectivity index is 1.71. The van der Waals surface area contributed by atoms with Gasteiger partial charge in [0.25, 0.3) is 0 Å². The Kier molecular flexibility index (Phi) is 2.90. The molecule has 3 heteroatoms. The van der Waals surface area contributed by atoms with Crippen LogP contribution in [0.15, 0.2) is 48.5 Å². The molecule has 2 aromatic carbocycles. The van der Waals surface area contributed by atoms with E-state index < -0.39 is 0 Å². The Morgan fingerprint density at radius 1 is 1.11 bits per heavy atom. The van der Waals surface area contributed by atoms with Crippen LogP contribution in [0.3, 0.4) is 0 Å². The second-order valence-electron chi connectivity index (χ2n) is 4.51. The highest BCUT2D eigenvalue weighted by Crippen LogP contribution is 2.29. The van der Waals surface area contributed by atoms with Gasteiger partial charge in [-0.25, -0.2) is 5.84 Å². The van der Waals surface area contributed by atoms with Crippen molar-refractivity contribution < 1.29 is 4.74 Å². The molecule has 18 heavy (non-hydrogen) atoms. The van der Waals surface area contributed by atoms with Crippen LogP contribution in [-0.4, -0.2) is 6.54 Å². The number of nitrogens with zero attached hydrogens (tertiary/aromatic N) is 1. The van der Waals surface area contributed by atoms with Gasteiger partial charge >= 0.3 is 0 Å². The molecule has 0 saturated carbocycles. The van der Waals surface area contributed by atoms with Gasteiger partial charge in [0, 0.05) is 6.54 Å². The van der Waals surface area contributed by atoms with Crippen molar-refractivity contribution in [2.45, 2.75) is 13.0 Å². The summed E-state index contributed by atoms with van der Waals surface area (Å²) in [5.74, 6) is 6.76. The van der Waals surface area contributed by atoms with Gasteiger partial charge in [0.2, 0.25) is 0 Å². The molecule has 3 nitrogen and oxygen atoms in total. The molecular formula is C15H16N2O. The van der Waals surface area contributed by atoms with Crippen LogP contribution in [0.5, 0.6) is 5.75 Å². The van der Waals surface area contributed by atoms with Crippen LogP contribution in [0.4, 0.5) is 5.69 Å². The molecule has 3 rings (SSSR count). The number of rotatable bonds is 3. The zero-order valence-corrected chi connectivity index (χ0v) is 10.2. The third-order valence-corrected chi connectivity index (χ3v) is 3.23. The number of benzene rings is 2. The number of nitrogens with two attached hydrogens (primary N) is 1. The molecule has 0 bridgehead atoms. The van der Waals surface area contributed by atoms with E-state index in [0.717, 1.165) is 24.4 Å². The van der Waals surface area contributed by atoms with Gasteiger partial charge in [-0.2, -0.15) is 0 Å². The lowest BCUT2D eigenvalue weighted by atomic mass is 10.1. The molecule has 0 amide bonds. The average Bonchev–Trinajstić information content (AvgIpc) is 2.79. The maximum absolute atomic E-state index is 5.85. The second kappa shape index (κ2) is 4.70. The molecule has 0 unspecified atom stereocenters. The largest absolute Gasteiger partial charge is 0.489 e. The zero-order valence-electron chi connectivity index (χ0n) is 10.2. The molecule has 1 aliphatic heterocycles. The highest BCUT2D eigenvalue weighted by molar-refractivity contribution is 5.59. The average molecular weight is 240 g/mol. The molecule has 0 fully saturated rings. The van der Waals surface area contributed by atoms with Crippen molar-refractivity contribution in [1.82, 2.24) is 0 Å². The standard InChI is InChI=1S/C15H16N2O/c16-17-9-8-13-10-14(6-7-15(13)17)18-11-12-4-2-1-3-5-12/h1-7,10H,8-9,11,16H2. The Morgan fingerprint density at radius 2 is 1.94 bits per heavy atom. The van der Waals surface area contributed by atoms with Gasteiger partial charge in [0.1, 0.15) is 12.4 Å². The summed E-state index contributed by atoms with van der Waals surface area (Å²) in [6.07, 6.45) is 0.994. The molecule has 0 radical (unpaired) electrons. The SMILES string of the molecule is NN1CCc2cc(OCc3ccccc3)ccc21. The van der Waals surface area contributed by atoms with E-state index in [1.807, 2.05) is 30.3 Å². The first-order chi connectivity index (χ1) is 8.83. The molecule has 1 heterocycles. The normalized spacial score (nSPS) is 13.5. The molecule has 0 saturated heterocycles. The smallest absolute Gasteiger partial charge is 0.120 e. The fourth-order valence-corrected chi connectivity index (χ4v) is 2.23. The number of hydrogen-bond acceptors (Lipinski definition) is 3. The van der Waals surface area contributed by atoms with Crippen LogP contribution in [0, 0.1) is 0 Å². The predicted octanol–water partition coefficient (Wildman–Crippen LogP) is 2.50. The number of anilines is 1. The topological polar surface area (TPSA) is 38.5 Å². The molecule has 0 aliphatic carbocycles. The van der Waals surface area contributed by atoms with E-state index in [4.69, 9.17) is 10.6 Å². The molecular weight excluding hydrogens is 224 g/mol. The van der Waals surface area contributed by atoms with Crippen molar-refractivity contribution in [2.75, 3.05) is 11.6 Å². The van der Waals surface area contributed by atoms with Crippen molar-refractivity contribution in [1.29, 1.82) is 0 Å². The van der Waals surface area contributed by atoms with Gasteiger partial charge in [-0.3, -0.25) is 0 Å². The van der Waals surface area contributed by atoms with Crippen molar-refractivity contribution in [3.63, 3.8) is 0 Å². The Bertz CT molecular complexity index is 539. The van der Waals surface area contributed by atoms with Crippen molar-refractivity contribution in [3.8, 4) is 5.75 Å². The Morgan fingerprint density at radius 3 is 2.78 bits per heavy atom. The van der Waals surface area contributed by atoms with Crippen molar-refractivity contribution in [2.24, 2.45) is 5.84 Å². The maximum atomic E-state index is 5.85. The van der Waals surface area contributed by atoms with E-state index in [1.54, 1.807) is 5.01 Å². The van der Waals surface area contributed by atoms with Crippen LogP contribution in [0.25, 0.3) is 0 Å². The van der Waals surface area contributed by atoms with E-state index in [-0.39, 0.29) is 0 Å². The van der Waals surface area contributed by atoms with E-state index >= 15 is 0 Å². The van der Waals surface area contributed by atoms with E-state index in [0.29, 0.717) is 6.61 Å². The second-order valence-corrected chi connectivity index (χ2v) is 4.51. The van der Waals surface area contributed by atoms with Crippen LogP contribution < -0.4 is 15.6 Å². The number of fused-ring (bicyclic) bond motifs is 1. The fourth-order valence-electron chi connectivity index (χ4n) is 2.23. The lowest BCUT2D eigenvalue weighted by Crippen LogP contribution is -2.27. The van der Waals surface area contributed by atoms with Gasteiger partial charge in [-0.1, -0.05) is 30.3 Å². The monoisotopic (exact) mass is 240 g/mol. The summed E-state index contributed by atoms with van der Waals surface area (Å²) < 4.78 is 5.79. The number of hydrazine groups is 1. The zero-order chi connectivity index (χ0) is 12.4. The van der Waals surface area contributed by atoms with E-state index in [9.17, 15) is 0 Å². The van der Waals surface area contributed by atoms with Crippen LogP contribution in [-0.2, 0) is 13.0 Å². The van der Waals surface area contributed by atoms with Crippen LogP contribution in [0.2, 0.25) is 0 Å². The summed E-state index contributed by atoms with van der Waals surface area (Å²) >= 11 is 0. The summed E-state index contributed by atoms with van der Waals surface area (Å²) in [6, 6.07) is 16.3. The quantitative estimate of drug-likeness (QED) is 0.838. The van der Waals surface area contributed by atoms with Gasteiger partial charge in [-0.15, -0.1) is 0 Å². The minimum atomic E-state index is 0.603. The molecule has 2 aromatic rings. The first-order valence-electron chi connectivity index (χ1n) is 6.15. The third kappa shape index (κ3) is 2.17. The first-order valence-corrected chi connectivity index (χ1v) is 6.15. The highest BCUT2D eigenvalue weighted by Gasteiger charge is 2.16. The highest BCUT2D eigenvalue weighted by atomic mass is 16.5. The minimum Gasteiger partial charge on any atom is -0.489 e. The van der Waals surface area contributed by atoms with E-state index in [2.05, 4.69) is 18.2 Å². The first kappa shape index (κ1) is 11.1. The molecule has 0 aromatic heterocycles. The van der Waals surface area contributed by atoms with Crippen molar-refractivity contribution >= 4 is 5.69 Å². The summed E-state index contributed by atoms with van der Waals surface area (Å²) in [7, 11) is 0. The predicted molar refractivity (Wildman–Crippen MR) is 72.5 cm³/mol. The van der Waals surface area contributed by atoms with Gasteiger partial charge < -0.3 is 9.75 Å². The van der Waals surface area contributed by atoms with Crippen LogP contribution >= 0.6 is 0 Å². The van der Waals surface area contributed by atoms with Gasteiger partial charge in [-0.05, 0) is 35.7 Å². The molecule has 2 N–H and O–H groups in total. The summed E-state index contributed by atoms with van der Waals surface area (Å²) in [5, 5.41) is 1.79. The summed E-state index contributed by atoms with van der Waals surface area (Å²) in [5.41, 5.74) is 3.56. The Labute approximate surface area is 107 Å². The Hall–Kier alpha value is -2.00. The fraction of sp³-hybridized carbons (Fsp3) is 0.200. The third-order valence-electron chi connectivity index (χ3n) is 3.23.